The molecule has 2 nitrogen and oxygen atoms in total. The van der Waals surface area contributed by atoms with Crippen molar-refractivity contribution in [3.63, 3.8) is 0 Å². The molecule has 2 heterocycles. The van der Waals surface area contributed by atoms with Gasteiger partial charge in [0, 0.05) is 54.7 Å². The van der Waals surface area contributed by atoms with Crippen LogP contribution in [0.15, 0.2) is 30.3 Å². The topological polar surface area (TPSA) is 15.3 Å². The van der Waals surface area contributed by atoms with Crippen LogP contribution >= 0.6 is 23.5 Å². The number of piperazine rings is 1. The van der Waals surface area contributed by atoms with Gasteiger partial charge in [-0.05, 0) is 5.56 Å². The van der Waals surface area contributed by atoms with E-state index in [1.807, 2.05) is 0 Å². The maximum Gasteiger partial charge on any atom is 0.0449 e. The van der Waals surface area contributed by atoms with Gasteiger partial charge in [-0.1, -0.05) is 30.3 Å². The molecule has 1 aromatic rings. The number of nitrogens with one attached hydrogen (secondary N) is 1. The molecule has 0 aromatic heterocycles. The molecule has 0 aliphatic carbocycles. The largest absolute Gasteiger partial charge is 0.308 e. The summed E-state index contributed by atoms with van der Waals surface area (Å²) in [5.41, 5.74) is 1.43. The molecule has 19 heavy (non-hydrogen) atoms. The second-order valence-corrected chi connectivity index (χ2v) is 7.80. The first kappa shape index (κ1) is 13.8. The Labute approximate surface area is 124 Å². The van der Waals surface area contributed by atoms with Crippen molar-refractivity contribution in [3.8, 4) is 0 Å². The van der Waals surface area contributed by atoms with Crippen LogP contribution in [-0.2, 0) is 0 Å². The summed E-state index contributed by atoms with van der Waals surface area (Å²) in [5, 5.41) is 4.49. The maximum atomic E-state index is 3.65. The molecule has 2 fully saturated rings. The minimum atomic E-state index is 0.510. The Morgan fingerprint density at radius 2 is 2.11 bits per heavy atom. The smallest absolute Gasteiger partial charge is 0.0449 e. The van der Waals surface area contributed by atoms with E-state index in [2.05, 4.69) is 64.1 Å². The lowest BCUT2D eigenvalue weighted by Crippen LogP contribution is -2.48. The molecule has 4 heteroatoms. The van der Waals surface area contributed by atoms with Crippen molar-refractivity contribution >= 4 is 23.5 Å². The number of hydrogen-bond acceptors (Lipinski definition) is 4. The van der Waals surface area contributed by atoms with Gasteiger partial charge in [0.05, 0.1) is 0 Å². The van der Waals surface area contributed by atoms with Crippen LogP contribution in [0.3, 0.4) is 0 Å². The monoisotopic (exact) mass is 294 g/mol. The molecule has 0 amide bonds. The predicted molar refractivity (Wildman–Crippen MR) is 87.2 cm³/mol. The third kappa shape index (κ3) is 3.91. The van der Waals surface area contributed by atoms with Gasteiger partial charge in [-0.15, -0.1) is 0 Å². The summed E-state index contributed by atoms with van der Waals surface area (Å²) in [6, 6.07) is 11.4. The SMILES string of the molecule is c1ccc(C2CN(CC3CSCCS3)CCN2)cc1. The Balaban J connectivity index is 1.55. The number of rotatable bonds is 3. The molecule has 2 aliphatic rings. The van der Waals surface area contributed by atoms with E-state index in [9.17, 15) is 0 Å². The summed E-state index contributed by atoms with van der Waals surface area (Å²) in [5.74, 6) is 4.02. The van der Waals surface area contributed by atoms with Crippen LogP contribution < -0.4 is 5.32 Å². The van der Waals surface area contributed by atoms with E-state index in [4.69, 9.17) is 0 Å². The number of thioether (sulfide) groups is 2. The Bertz CT molecular complexity index is 379. The molecule has 2 saturated heterocycles. The summed E-state index contributed by atoms with van der Waals surface area (Å²) in [7, 11) is 0. The van der Waals surface area contributed by atoms with E-state index in [1.54, 1.807) is 0 Å². The van der Waals surface area contributed by atoms with E-state index >= 15 is 0 Å². The third-order valence-corrected chi connectivity index (χ3v) is 6.64. The van der Waals surface area contributed by atoms with Gasteiger partial charge in [0.25, 0.3) is 0 Å². The van der Waals surface area contributed by atoms with Gasteiger partial charge >= 0.3 is 0 Å². The zero-order valence-electron chi connectivity index (χ0n) is 11.3. The summed E-state index contributed by atoms with van der Waals surface area (Å²) in [4.78, 5) is 2.65. The summed E-state index contributed by atoms with van der Waals surface area (Å²) in [6.07, 6.45) is 0. The molecule has 2 atom stereocenters. The zero-order chi connectivity index (χ0) is 12.9. The highest BCUT2D eigenvalue weighted by molar-refractivity contribution is 8.06. The summed E-state index contributed by atoms with van der Waals surface area (Å²) < 4.78 is 0. The van der Waals surface area contributed by atoms with E-state index < -0.39 is 0 Å². The lowest BCUT2D eigenvalue weighted by molar-refractivity contribution is 0.203. The van der Waals surface area contributed by atoms with Gasteiger partial charge in [0.15, 0.2) is 0 Å². The molecule has 3 rings (SSSR count). The fraction of sp³-hybridized carbons (Fsp3) is 0.600. The van der Waals surface area contributed by atoms with Crippen LogP contribution in [0, 0.1) is 0 Å². The summed E-state index contributed by atoms with van der Waals surface area (Å²) in [6.45, 7) is 4.74. The van der Waals surface area contributed by atoms with E-state index in [1.165, 1.54) is 35.9 Å². The lowest BCUT2D eigenvalue weighted by atomic mass is 10.0. The standard InChI is InChI=1S/C15H22N2S2/c1-2-4-13(5-3-1)15-11-17(7-6-16-15)10-14-12-18-8-9-19-14/h1-5,14-16H,6-12H2. The van der Waals surface area contributed by atoms with Crippen molar-refractivity contribution in [3.05, 3.63) is 35.9 Å². The summed E-state index contributed by atoms with van der Waals surface area (Å²) >= 11 is 4.30. The molecule has 0 saturated carbocycles. The Morgan fingerprint density at radius 3 is 2.89 bits per heavy atom. The van der Waals surface area contributed by atoms with Crippen molar-refractivity contribution in [1.29, 1.82) is 0 Å². The van der Waals surface area contributed by atoms with Crippen LogP contribution in [0.2, 0.25) is 0 Å². The quantitative estimate of drug-likeness (QED) is 0.921. The van der Waals surface area contributed by atoms with Gasteiger partial charge in [-0.2, -0.15) is 23.5 Å². The number of benzene rings is 1. The molecule has 0 radical (unpaired) electrons. The molecule has 1 aromatic carbocycles. The van der Waals surface area contributed by atoms with Gasteiger partial charge in [0.1, 0.15) is 0 Å². The normalized spacial score (nSPS) is 29.3. The van der Waals surface area contributed by atoms with E-state index in [0.29, 0.717) is 6.04 Å². The minimum absolute atomic E-state index is 0.510. The Kier molecular flexibility index (Phi) is 5.10. The lowest BCUT2D eigenvalue weighted by Gasteiger charge is -2.36. The number of nitrogens with zero attached hydrogens (tertiary/aromatic N) is 1. The average molecular weight is 294 g/mol. The number of hydrogen-bond donors (Lipinski definition) is 1. The molecule has 104 valence electrons. The fourth-order valence-corrected chi connectivity index (χ4v) is 5.53. The first-order valence-electron chi connectivity index (χ1n) is 7.12. The molecular formula is C15H22N2S2. The Morgan fingerprint density at radius 1 is 1.21 bits per heavy atom. The van der Waals surface area contributed by atoms with Gasteiger partial charge in [-0.25, -0.2) is 0 Å². The van der Waals surface area contributed by atoms with Gasteiger partial charge in [-0.3, -0.25) is 4.90 Å². The highest BCUT2D eigenvalue weighted by Gasteiger charge is 2.24. The van der Waals surface area contributed by atoms with Crippen molar-refractivity contribution in [2.45, 2.75) is 11.3 Å². The highest BCUT2D eigenvalue weighted by atomic mass is 32.2. The van der Waals surface area contributed by atoms with Crippen LogP contribution in [0.25, 0.3) is 0 Å². The molecule has 0 spiro atoms. The minimum Gasteiger partial charge on any atom is -0.308 e. The van der Waals surface area contributed by atoms with Crippen LogP contribution in [-0.4, -0.2) is 53.6 Å². The van der Waals surface area contributed by atoms with Crippen molar-refractivity contribution in [2.24, 2.45) is 0 Å². The highest BCUT2D eigenvalue weighted by Crippen LogP contribution is 2.26. The molecule has 1 N–H and O–H groups in total. The second kappa shape index (κ2) is 7.02. The van der Waals surface area contributed by atoms with Crippen LogP contribution in [0.4, 0.5) is 0 Å². The molecule has 2 aliphatic heterocycles. The third-order valence-electron chi connectivity index (χ3n) is 3.81. The predicted octanol–water partition coefficient (Wildman–Crippen LogP) is 2.48. The van der Waals surface area contributed by atoms with Crippen molar-refractivity contribution in [1.82, 2.24) is 10.2 Å². The first-order chi connectivity index (χ1) is 9.42. The van der Waals surface area contributed by atoms with Gasteiger partial charge < -0.3 is 5.32 Å². The van der Waals surface area contributed by atoms with Crippen LogP contribution in [0.5, 0.6) is 0 Å². The first-order valence-corrected chi connectivity index (χ1v) is 9.32. The van der Waals surface area contributed by atoms with Gasteiger partial charge in [0.2, 0.25) is 0 Å². The second-order valence-electron chi connectivity index (χ2n) is 5.24. The molecular weight excluding hydrogens is 272 g/mol. The fourth-order valence-electron chi connectivity index (χ4n) is 2.82. The van der Waals surface area contributed by atoms with E-state index in [-0.39, 0.29) is 0 Å². The average Bonchev–Trinajstić information content (AvgIpc) is 2.49. The zero-order valence-corrected chi connectivity index (χ0v) is 12.9. The van der Waals surface area contributed by atoms with E-state index in [0.717, 1.165) is 18.3 Å². The Hall–Kier alpha value is -0.160. The van der Waals surface area contributed by atoms with Crippen molar-refractivity contribution < 1.29 is 0 Å². The van der Waals surface area contributed by atoms with Crippen LogP contribution in [0.1, 0.15) is 11.6 Å². The van der Waals surface area contributed by atoms with Crippen molar-refractivity contribution in [2.75, 3.05) is 43.4 Å². The maximum absolute atomic E-state index is 3.65. The molecule has 0 bridgehead atoms. The molecule has 2 unspecified atom stereocenters.